The van der Waals surface area contributed by atoms with E-state index in [1.54, 1.807) is 0 Å². The number of nitrogens with zero attached hydrogens (tertiary/aromatic N) is 2. The average molecular weight is 229 g/mol. The molecule has 2 N–H and O–H groups in total. The SMILES string of the molecule is CCOCCN1CCN(C)CC(C(N)=O)C1. The second-order valence-corrected chi connectivity index (χ2v) is 4.36. The first-order valence-electron chi connectivity index (χ1n) is 5.91. The van der Waals surface area contributed by atoms with E-state index in [0.29, 0.717) is 0 Å². The predicted octanol–water partition coefficient (Wildman–Crippen LogP) is -0.628. The molecule has 0 aromatic heterocycles. The topological polar surface area (TPSA) is 58.8 Å². The van der Waals surface area contributed by atoms with Crippen molar-refractivity contribution < 1.29 is 9.53 Å². The van der Waals surface area contributed by atoms with E-state index < -0.39 is 0 Å². The molecule has 5 heteroatoms. The van der Waals surface area contributed by atoms with E-state index in [1.807, 2.05) is 14.0 Å². The summed E-state index contributed by atoms with van der Waals surface area (Å²) in [6.45, 7) is 7.82. The number of hydrogen-bond donors (Lipinski definition) is 1. The van der Waals surface area contributed by atoms with Gasteiger partial charge in [0.15, 0.2) is 0 Å². The summed E-state index contributed by atoms with van der Waals surface area (Å²) >= 11 is 0. The highest BCUT2D eigenvalue weighted by atomic mass is 16.5. The Morgan fingerprint density at radius 2 is 2.19 bits per heavy atom. The lowest BCUT2D eigenvalue weighted by Gasteiger charge is -2.21. The zero-order chi connectivity index (χ0) is 12.0. The number of ether oxygens (including phenoxy) is 1. The number of amides is 1. The van der Waals surface area contributed by atoms with Crippen LogP contribution in [0.2, 0.25) is 0 Å². The van der Waals surface area contributed by atoms with E-state index in [0.717, 1.165) is 45.9 Å². The van der Waals surface area contributed by atoms with Crippen molar-refractivity contribution in [1.82, 2.24) is 9.80 Å². The molecule has 1 rings (SSSR count). The third-order valence-electron chi connectivity index (χ3n) is 2.97. The first-order valence-corrected chi connectivity index (χ1v) is 5.91. The molecule has 1 unspecified atom stereocenters. The summed E-state index contributed by atoms with van der Waals surface area (Å²) in [6, 6.07) is 0. The minimum absolute atomic E-state index is 0.0610. The van der Waals surface area contributed by atoms with E-state index in [1.165, 1.54) is 0 Å². The van der Waals surface area contributed by atoms with Crippen LogP contribution in [0.25, 0.3) is 0 Å². The number of rotatable bonds is 5. The van der Waals surface area contributed by atoms with Gasteiger partial charge in [-0.2, -0.15) is 0 Å². The normalized spacial score (nSPS) is 24.2. The molecule has 1 aliphatic heterocycles. The molecule has 94 valence electrons. The van der Waals surface area contributed by atoms with Gasteiger partial charge in [-0.15, -0.1) is 0 Å². The molecular formula is C11H23N3O2. The van der Waals surface area contributed by atoms with Crippen LogP contribution < -0.4 is 5.73 Å². The van der Waals surface area contributed by atoms with Crippen LogP contribution in [0.4, 0.5) is 0 Å². The van der Waals surface area contributed by atoms with Gasteiger partial charge in [0.25, 0.3) is 0 Å². The maximum Gasteiger partial charge on any atom is 0.223 e. The Morgan fingerprint density at radius 1 is 1.44 bits per heavy atom. The van der Waals surface area contributed by atoms with Crippen LogP contribution in [0, 0.1) is 5.92 Å². The molecule has 1 amide bonds. The standard InChI is InChI=1S/C11H23N3O2/c1-3-16-7-6-14-5-4-13(2)8-10(9-14)11(12)15/h10H,3-9H2,1-2H3,(H2,12,15). The van der Waals surface area contributed by atoms with Gasteiger partial charge >= 0.3 is 0 Å². The fourth-order valence-electron chi connectivity index (χ4n) is 1.96. The second kappa shape index (κ2) is 6.83. The summed E-state index contributed by atoms with van der Waals surface area (Å²) in [7, 11) is 2.03. The van der Waals surface area contributed by atoms with Gasteiger partial charge in [0.05, 0.1) is 12.5 Å². The number of hydrogen-bond acceptors (Lipinski definition) is 4. The molecule has 0 bridgehead atoms. The minimum atomic E-state index is -0.199. The van der Waals surface area contributed by atoms with Gasteiger partial charge in [-0.3, -0.25) is 9.69 Å². The van der Waals surface area contributed by atoms with Crippen molar-refractivity contribution in [3.63, 3.8) is 0 Å². The largest absolute Gasteiger partial charge is 0.380 e. The van der Waals surface area contributed by atoms with E-state index >= 15 is 0 Å². The van der Waals surface area contributed by atoms with Crippen molar-refractivity contribution >= 4 is 5.91 Å². The fourth-order valence-corrected chi connectivity index (χ4v) is 1.96. The van der Waals surface area contributed by atoms with E-state index in [4.69, 9.17) is 10.5 Å². The highest BCUT2D eigenvalue weighted by molar-refractivity contribution is 5.77. The first kappa shape index (κ1) is 13.4. The van der Waals surface area contributed by atoms with Gasteiger partial charge in [-0.05, 0) is 14.0 Å². The third-order valence-corrected chi connectivity index (χ3v) is 2.97. The summed E-state index contributed by atoms with van der Waals surface area (Å²) < 4.78 is 5.33. The quantitative estimate of drug-likeness (QED) is 0.638. The summed E-state index contributed by atoms with van der Waals surface area (Å²) in [5, 5.41) is 0. The van der Waals surface area contributed by atoms with E-state index in [-0.39, 0.29) is 11.8 Å². The zero-order valence-electron chi connectivity index (χ0n) is 10.3. The van der Waals surface area contributed by atoms with Crippen LogP contribution in [0.3, 0.4) is 0 Å². The monoisotopic (exact) mass is 229 g/mol. The van der Waals surface area contributed by atoms with Crippen molar-refractivity contribution in [2.45, 2.75) is 6.92 Å². The van der Waals surface area contributed by atoms with Crippen molar-refractivity contribution in [3.05, 3.63) is 0 Å². The van der Waals surface area contributed by atoms with E-state index in [2.05, 4.69) is 9.80 Å². The Morgan fingerprint density at radius 3 is 2.81 bits per heavy atom. The maximum atomic E-state index is 11.3. The number of carbonyl (C=O) groups excluding carboxylic acids is 1. The molecule has 16 heavy (non-hydrogen) atoms. The van der Waals surface area contributed by atoms with Crippen LogP contribution >= 0.6 is 0 Å². The lowest BCUT2D eigenvalue weighted by atomic mass is 10.1. The van der Waals surface area contributed by atoms with Crippen molar-refractivity contribution in [3.8, 4) is 0 Å². The molecule has 1 heterocycles. The smallest absolute Gasteiger partial charge is 0.223 e. The molecule has 1 saturated heterocycles. The molecule has 0 radical (unpaired) electrons. The van der Waals surface area contributed by atoms with Gasteiger partial charge in [0.1, 0.15) is 0 Å². The van der Waals surface area contributed by atoms with Gasteiger partial charge < -0.3 is 15.4 Å². The van der Waals surface area contributed by atoms with Crippen LogP contribution in [-0.4, -0.2) is 68.7 Å². The highest BCUT2D eigenvalue weighted by Crippen LogP contribution is 2.07. The molecule has 0 aromatic rings. The molecule has 0 spiro atoms. The fraction of sp³-hybridized carbons (Fsp3) is 0.909. The summed E-state index contributed by atoms with van der Waals surface area (Å²) in [5.41, 5.74) is 5.39. The van der Waals surface area contributed by atoms with Crippen LogP contribution in [0.15, 0.2) is 0 Å². The molecule has 1 aliphatic rings. The van der Waals surface area contributed by atoms with Crippen molar-refractivity contribution in [2.24, 2.45) is 11.7 Å². The summed E-state index contributed by atoms with van der Waals surface area (Å²) in [6.07, 6.45) is 0. The van der Waals surface area contributed by atoms with Crippen LogP contribution in [0.5, 0.6) is 0 Å². The average Bonchev–Trinajstić information content (AvgIpc) is 2.41. The molecule has 0 aliphatic carbocycles. The Balaban J connectivity index is 2.42. The number of likely N-dealkylation sites (N-methyl/N-ethyl adjacent to an activating group) is 1. The van der Waals surface area contributed by atoms with Gasteiger partial charge in [0, 0.05) is 39.3 Å². The number of primary amides is 1. The van der Waals surface area contributed by atoms with E-state index in [9.17, 15) is 4.79 Å². The lowest BCUT2D eigenvalue weighted by molar-refractivity contribution is -0.122. The Bertz CT molecular complexity index is 223. The number of nitrogens with two attached hydrogens (primary N) is 1. The lowest BCUT2D eigenvalue weighted by Crippen LogP contribution is -2.38. The molecular weight excluding hydrogens is 206 g/mol. The zero-order valence-corrected chi connectivity index (χ0v) is 10.3. The van der Waals surface area contributed by atoms with Crippen molar-refractivity contribution in [1.29, 1.82) is 0 Å². The van der Waals surface area contributed by atoms with Crippen LogP contribution in [0.1, 0.15) is 6.92 Å². The van der Waals surface area contributed by atoms with Crippen LogP contribution in [-0.2, 0) is 9.53 Å². The third kappa shape index (κ3) is 4.47. The second-order valence-electron chi connectivity index (χ2n) is 4.36. The highest BCUT2D eigenvalue weighted by Gasteiger charge is 2.24. The molecule has 1 fully saturated rings. The maximum absolute atomic E-state index is 11.3. The molecule has 0 saturated carbocycles. The number of carbonyl (C=O) groups is 1. The molecule has 5 nitrogen and oxygen atoms in total. The Hall–Kier alpha value is -0.650. The summed E-state index contributed by atoms with van der Waals surface area (Å²) in [5.74, 6) is -0.260. The van der Waals surface area contributed by atoms with Gasteiger partial charge in [-0.1, -0.05) is 0 Å². The van der Waals surface area contributed by atoms with Crippen molar-refractivity contribution in [2.75, 3.05) is 53.0 Å². The van der Waals surface area contributed by atoms with Gasteiger partial charge in [-0.25, -0.2) is 0 Å². The molecule has 0 aromatic carbocycles. The first-order chi connectivity index (χ1) is 7.63. The predicted molar refractivity (Wildman–Crippen MR) is 63.1 cm³/mol. The summed E-state index contributed by atoms with van der Waals surface area (Å²) in [4.78, 5) is 15.7. The Kier molecular flexibility index (Phi) is 5.73. The Labute approximate surface area is 97.5 Å². The minimum Gasteiger partial charge on any atom is -0.380 e. The molecule has 1 atom stereocenters. The van der Waals surface area contributed by atoms with Gasteiger partial charge in [0.2, 0.25) is 5.91 Å².